The van der Waals surface area contributed by atoms with Gasteiger partial charge in [0.1, 0.15) is 11.9 Å². The zero-order chi connectivity index (χ0) is 21.3. The van der Waals surface area contributed by atoms with Crippen LogP contribution in [0, 0.1) is 5.92 Å². The number of nitrogens with two attached hydrogens (primary N) is 1. The molecule has 0 radical (unpaired) electrons. The second kappa shape index (κ2) is 8.67. The average Bonchev–Trinajstić information content (AvgIpc) is 3.09. The van der Waals surface area contributed by atoms with Crippen LogP contribution in [0.15, 0.2) is 59.6 Å². The van der Waals surface area contributed by atoms with E-state index in [4.69, 9.17) is 15.5 Å². The molecule has 158 valence electrons. The van der Waals surface area contributed by atoms with Crippen LogP contribution in [0.2, 0.25) is 0 Å². The maximum Gasteiger partial charge on any atom is 0.221 e. The van der Waals surface area contributed by atoms with Gasteiger partial charge < -0.3 is 25.6 Å². The lowest BCUT2D eigenvalue weighted by Gasteiger charge is -2.41. The summed E-state index contributed by atoms with van der Waals surface area (Å²) >= 11 is 1.45. The number of amides is 1. The summed E-state index contributed by atoms with van der Waals surface area (Å²) in [6.07, 6.45) is -1.86. The molecule has 1 saturated heterocycles. The molecule has 4 rings (SSSR count). The fraction of sp³-hybridized carbons (Fsp3) is 0.364. The number of benzene rings is 2. The number of fused-ring (bicyclic) bond motifs is 1. The lowest BCUT2D eigenvalue weighted by atomic mass is 9.80. The molecule has 2 fully saturated rings. The Morgan fingerprint density at radius 2 is 1.90 bits per heavy atom. The monoisotopic (exact) mass is 427 g/mol. The van der Waals surface area contributed by atoms with Crippen LogP contribution in [-0.2, 0) is 11.3 Å². The second-order valence-corrected chi connectivity index (χ2v) is 8.73. The molecule has 5 atom stereocenters. The highest BCUT2D eigenvalue weighted by molar-refractivity contribution is 8.14. The Labute approximate surface area is 179 Å². The Morgan fingerprint density at radius 3 is 2.53 bits per heavy atom. The topological polar surface area (TPSA) is 108 Å². The molecule has 1 saturated carbocycles. The highest BCUT2D eigenvalue weighted by Gasteiger charge is 2.54. The van der Waals surface area contributed by atoms with Crippen molar-refractivity contribution in [3.63, 3.8) is 0 Å². The lowest BCUT2D eigenvalue weighted by molar-refractivity contribution is -0.128. The number of hydrogen-bond acceptors (Lipinski definition) is 6. The molecule has 2 aromatic rings. The summed E-state index contributed by atoms with van der Waals surface area (Å²) in [7, 11) is 1.62. The zero-order valence-corrected chi connectivity index (χ0v) is 17.4. The average molecular weight is 428 g/mol. The lowest BCUT2D eigenvalue weighted by Crippen LogP contribution is -2.58. The first-order chi connectivity index (χ1) is 14.5. The summed E-state index contributed by atoms with van der Waals surface area (Å²) in [5, 5.41) is 21.7. The maximum atomic E-state index is 12.1. The van der Waals surface area contributed by atoms with Crippen molar-refractivity contribution in [2.75, 3.05) is 7.11 Å². The normalized spacial score (nSPS) is 29.6. The Hall–Kier alpha value is -2.55. The highest BCUT2D eigenvalue weighted by Crippen LogP contribution is 2.45. The number of ether oxygens (including phenoxy) is 1. The fourth-order valence-electron chi connectivity index (χ4n) is 4.11. The molecule has 30 heavy (non-hydrogen) atoms. The van der Waals surface area contributed by atoms with Crippen LogP contribution in [0.5, 0.6) is 5.75 Å². The van der Waals surface area contributed by atoms with Gasteiger partial charge in [0.2, 0.25) is 5.91 Å². The minimum atomic E-state index is -1.02. The van der Waals surface area contributed by atoms with E-state index < -0.39 is 30.1 Å². The molecular weight excluding hydrogens is 402 g/mol. The molecule has 1 aliphatic heterocycles. The first kappa shape index (κ1) is 20.7. The van der Waals surface area contributed by atoms with Crippen LogP contribution in [0.25, 0.3) is 0 Å². The van der Waals surface area contributed by atoms with Crippen LogP contribution < -0.4 is 10.5 Å². The number of rotatable bonds is 5. The molecule has 2 aromatic carbocycles. The van der Waals surface area contributed by atoms with E-state index in [2.05, 4.69) is 0 Å². The number of para-hydroxylation sites is 1. The van der Waals surface area contributed by atoms with Crippen molar-refractivity contribution < 1.29 is 19.7 Å². The summed E-state index contributed by atoms with van der Waals surface area (Å²) < 4.78 is 5.23. The van der Waals surface area contributed by atoms with Crippen LogP contribution in [0.3, 0.4) is 0 Å². The molecule has 0 unspecified atom stereocenters. The third-order valence-corrected chi connectivity index (χ3v) is 7.09. The minimum Gasteiger partial charge on any atom is -0.497 e. The number of aliphatic hydroxyl groups excluding tert-OH is 2. The quantitative estimate of drug-likeness (QED) is 0.673. The smallest absolute Gasteiger partial charge is 0.221 e. The molecule has 0 bridgehead atoms. The molecule has 0 aromatic heterocycles. The van der Waals surface area contributed by atoms with Crippen molar-refractivity contribution in [3.8, 4) is 5.75 Å². The number of hydrogen-bond donors (Lipinski definition) is 3. The van der Waals surface area contributed by atoms with Gasteiger partial charge in [-0.15, -0.1) is 0 Å². The summed E-state index contributed by atoms with van der Waals surface area (Å²) in [6.45, 7) is 0.471. The van der Waals surface area contributed by atoms with Gasteiger partial charge in [0.25, 0.3) is 0 Å². The number of thioether (sulfide) groups is 1. The standard InChI is InChI=1S/C22H25N3O4S/c1-29-15-9-7-13(8-10-15)12-25-18-19(27)17(26)11-16(21(23)28)20(18)30-22(25)24-14-5-3-2-4-6-14/h2-10,16-20,26-27H,11-12H2,1H3,(H2,23,28)/t16-,17+,18+,19-,20+/m0/s1. The first-order valence-electron chi connectivity index (χ1n) is 9.83. The van der Waals surface area contributed by atoms with Gasteiger partial charge in [-0.1, -0.05) is 42.1 Å². The van der Waals surface area contributed by atoms with E-state index in [9.17, 15) is 15.0 Å². The number of carbonyl (C=O) groups is 1. The molecule has 1 heterocycles. The molecule has 1 amide bonds. The minimum absolute atomic E-state index is 0.152. The van der Waals surface area contributed by atoms with Crippen LogP contribution in [0.1, 0.15) is 12.0 Å². The summed E-state index contributed by atoms with van der Waals surface area (Å²) in [5.74, 6) is -0.249. The SMILES string of the molecule is COc1ccc(CN2C(=Nc3ccccc3)S[C@H]3[C@H]2[C@@H](O)[C@H](O)C[C@@H]3C(N)=O)cc1. The maximum absolute atomic E-state index is 12.1. The van der Waals surface area contributed by atoms with Crippen LogP contribution in [-0.4, -0.2) is 56.8 Å². The van der Waals surface area contributed by atoms with Gasteiger partial charge >= 0.3 is 0 Å². The van der Waals surface area contributed by atoms with Gasteiger partial charge in [-0.3, -0.25) is 4.79 Å². The van der Waals surface area contributed by atoms with Crippen molar-refractivity contribution in [1.29, 1.82) is 0 Å². The number of aliphatic imine (C=N–C) groups is 1. The van der Waals surface area contributed by atoms with Gasteiger partial charge in [-0.05, 0) is 36.2 Å². The zero-order valence-electron chi connectivity index (χ0n) is 16.6. The number of carbonyl (C=O) groups excluding carboxylic acids is 1. The van der Waals surface area contributed by atoms with E-state index in [0.717, 1.165) is 17.0 Å². The van der Waals surface area contributed by atoms with Gasteiger partial charge in [0.05, 0.1) is 30.9 Å². The van der Waals surface area contributed by atoms with Gasteiger partial charge in [-0.2, -0.15) is 0 Å². The first-order valence-corrected chi connectivity index (χ1v) is 10.7. The van der Waals surface area contributed by atoms with E-state index >= 15 is 0 Å². The molecular formula is C22H25N3O4S. The Morgan fingerprint density at radius 1 is 1.20 bits per heavy atom. The number of methoxy groups -OCH3 is 1. The predicted molar refractivity (Wildman–Crippen MR) is 117 cm³/mol. The molecule has 1 aliphatic carbocycles. The molecule has 8 heteroatoms. The highest BCUT2D eigenvalue weighted by atomic mass is 32.2. The second-order valence-electron chi connectivity index (χ2n) is 7.58. The molecule has 0 spiro atoms. The van der Waals surface area contributed by atoms with E-state index in [1.54, 1.807) is 7.11 Å². The van der Waals surface area contributed by atoms with E-state index in [0.29, 0.717) is 11.7 Å². The van der Waals surface area contributed by atoms with Crippen molar-refractivity contribution in [3.05, 3.63) is 60.2 Å². The summed E-state index contributed by atoms with van der Waals surface area (Å²) in [5.41, 5.74) is 7.42. The fourth-order valence-corrected chi connectivity index (χ4v) is 5.69. The van der Waals surface area contributed by atoms with Crippen molar-refractivity contribution in [2.24, 2.45) is 16.6 Å². The molecule has 7 nitrogen and oxygen atoms in total. The third kappa shape index (κ3) is 4.03. The van der Waals surface area contributed by atoms with E-state index in [-0.39, 0.29) is 11.7 Å². The van der Waals surface area contributed by atoms with Crippen molar-refractivity contribution >= 4 is 28.5 Å². The number of nitrogens with zero attached hydrogens (tertiary/aromatic N) is 2. The number of primary amides is 1. The van der Waals surface area contributed by atoms with Crippen molar-refractivity contribution in [1.82, 2.24) is 4.90 Å². The summed E-state index contributed by atoms with van der Waals surface area (Å²) in [6, 6.07) is 16.7. The van der Waals surface area contributed by atoms with Crippen molar-refractivity contribution in [2.45, 2.75) is 36.5 Å². The Kier molecular flexibility index (Phi) is 5.99. The van der Waals surface area contributed by atoms with E-state index in [1.165, 1.54) is 11.8 Å². The van der Waals surface area contributed by atoms with Gasteiger partial charge in [-0.25, -0.2) is 4.99 Å². The van der Waals surface area contributed by atoms with Gasteiger partial charge in [0.15, 0.2) is 5.17 Å². The molecule has 2 aliphatic rings. The Bertz CT molecular complexity index is 922. The predicted octanol–water partition coefficient (Wildman–Crippen LogP) is 1.90. The van der Waals surface area contributed by atoms with Crippen LogP contribution in [0.4, 0.5) is 5.69 Å². The van der Waals surface area contributed by atoms with Gasteiger partial charge in [0, 0.05) is 11.8 Å². The Balaban J connectivity index is 1.72. The number of aliphatic hydroxyl groups is 2. The number of amidine groups is 1. The summed E-state index contributed by atoms with van der Waals surface area (Å²) in [4.78, 5) is 18.9. The third-order valence-electron chi connectivity index (χ3n) is 5.68. The molecule has 4 N–H and O–H groups in total. The van der Waals surface area contributed by atoms with Crippen LogP contribution >= 0.6 is 11.8 Å². The largest absolute Gasteiger partial charge is 0.497 e. The van der Waals surface area contributed by atoms with E-state index in [1.807, 2.05) is 59.5 Å².